The number of hydrogen-bond donors (Lipinski definition) is 1. The molecular formula is C18H24ClN3O. The first-order chi connectivity index (χ1) is 10.8. The molecule has 3 rings (SSSR count). The summed E-state index contributed by atoms with van der Waals surface area (Å²) in [6, 6.07) is 12.9. The number of aromatic nitrogens is 1. The van der Waals surface area contributed by atoms with Gasteiger partial charge in [-0.1, -0.05) is 18.2 Å². The van der Waals surface area contributed by atoms with Gasteiger partial charge >= 0.3 is 0 Å². The molecule has 124 valence electrons. The Hall–Kier alpha value is -1.62. The average Bonchev–Trinajstić information content (AvgIpc) is 2.55. The molecule has 0 spiro atoms. The van der Waals surface area contributed by atoms with E-state index in [-0.39, 0.29) is 12.4 Å². The molecule has 1 aromatic carbocycles. The van der Waals surface area contributed by atoms with Gasteiger partial charge in [0.25, 0.3) is 0 Å². The predicted molar refractivity (Wildman–Crippen MR) is 95.0 cm³/mol. The van der Waals surface area contributed by atoms with E-state index in [2.05, 4.69) is 46.4 Å². The van der Waals surface area contributed by atoms with Crippen molar-refractivity contribution in [2.75, 3.05) is 19.6 Å². The number of ether oxygens (including phenoxy) is 1. The smallest absolute Gasteiger partial charge is 0.119 e. The summed E-state index contributed by atoms with van der Waals surface area (Å²) in [5, 5.41) is 3.47. The van der Waals surface area contributed by atoms with E-state index in [0.29, 0.717) is 12.6 Å². The summed E-state index contributed by atoms with van der Waals surface area (Å²) in [5.41, 5.74) is 2.42. The normalized spacial score (nSPS) is 18.2. The molecular weight excluding hydrogens is 310 g/mol. The molecule has 1 aliphatic heterocycles. The van der Waals surface area contributed by atoms with Gasteiger partial charge in [0, 0.05) is 50.2 Å². The van der Waals surface area contributed by atoms with E-state index < -0.39 is 0 Å². The fourth-order valence-electron chi connectivity index (χ4n) is 2.76. The summed E-state index contributed by atoms with van der Waals surface area (Å²) in [6.45, 7) is 7.11. The maximum atomic E-state index is 5.79. The number of benzene rings is 1. The van der Waals surface area contributed by atoms with Crippen molar-refractivity contribution in [3.05, 3.63) is 59.9 Å². The van der Waals surface area contributed by atoms with Crippen molar-refractivity contribution >= 4 is 12.4 Å². The van der Waals surface area contributed by atoms with Crippen molar-refractivity contribution in [3.8, 4) is 5.75 Å². The first-order valence-corrected chi connectivity index (χ1v) is 7.86. The summed E-state index contributed by atoms with van der Waals surface area (Å²) in [6.07, 6.45) is 3.61. The minimum Gasteiger partial charge on any atom is -0.489 e. The molecule has 4 nitrogen and oxygen atoms in total. The summed E-state index contributed by atoms with van der Waals surface area (Å²) < 4.78 is 5.79. The molecule has 1 aliphatic rings. The molecule has 5 heteroatoms. The molecule has 1 aromatic heterocycles. The third-order valence-electron chi connectivity index (χ3n) is 3.91. The van der Waals surface area contributed by atoms with E-state index in [1.54, 1.807) is 6.20 Å². The minimum absolute atomic E-state index is 0. The number of nitrogens with one attached hydrogen (secondary N) is 1. The third-order valence-corrected chi connectivity index (χ3v) is 3.91. The zero-order chi connectivity index (χ0) is 15.2. The van der Waals surface area contributed by atoms with Crippen molar-refractivity contribution in [3.63, 3.8) is 0 Å². The number of hydrogen-bond acceptors (Lipinski definition) is 4. The predicted octanol–water partition coefficient (Wildman–Crippen LogP) is 2.88. The van der Waals surface area contributed by atoms with Crippen LogP contribution in [0.15, 0.2) is 48.8 Å². The summed E-state index contributed by atoms with van der Waals surface area (Å²) in [4.78, 5) is 6.58. The third kappa shape index (κ3) is 5.50. The minimum atomic E-state index is 0. The van der Waals surface area contributed by atoms with Crippen LogP contribution in [0, 0.1) is 0 Å². The van der Waals surface area contributed by atoms with Gasteiger partial charge in [0.2, 0.25) is 0 Å². The summed E-state index contributed by atoms with van der Waals surface area (Å²) in [5.74, 6) is 0.904. The quantitative estimate of drug-likeness (QED) is 0.913. The Kier molecular flexibility index (Phi) is 6.84. The van der Waals surface area contributed by atoms with Gasteiger partial charge < -0.3 is 10.1 Å². The SMILES string of the molecule is C[C@@H]1CN(Cc2ccc(OCc3cccnc3)cc2)CCN1.Cl. The van der Waals surface area contributed by atoms with Crippen LogP contribution < -0.4 is 10.1 Å². The van der Waals surface area contributed by atoms with Gasteiger partial charge in [0.15, 0.2) is 0 Å². The Labute approximate surface area is 144 Å². The second-order valence-electron chi connectivity index (χ2n) is 5.88. The van der Waals surface area contributed by atoms with E-state index in [0.717, 1.165) is 37.5 Å². The van der Waals surface area contributed by atoms with Crippen LogP contribution in [-0.4, -0.2) is 35.6 Å². The first kappa shape index (κ1) is 17.7. The molecule has 0 aliphatic carbocycles. The van der Waals surface area contributed by atoms with E-state index in [1.165, 1.54) is 5.56 Å². The fourth-order valence-corrected chi connectivity index (χ4v) is 2.76. The average molecular weight is 334 g/mol. The van der Waals surface area contributed by atoms with Crippen molar-refractivity contribution in [1.82, 2.24) is 15.2 Å². The lowest BCUT2D eigenvalue weighted by Crippen LogP contribution is -2.48. The molecule has 0 amide bonds. The lowest BCUT2D eigenvalue weighted by Gasteiger charge is -2.31. The molecule has 2 aromatic rings. The highest BCUT2D eigenvalue weighted by Crippen LogP contribution is 2.16. The van der Waals surface area contributed by atoms with Gasteiger partial charge in [-0.05, 0) is 30.7 Å². The van der Waals surface area contributed by atoms with Crippen LogP contribution in [0.3, 0.4) is 0 Å². The van der Waals surface area contributed by atoms with Crippen molar-refractivity contribution in [2.45, 2.75) is 26.1 Å². The second kappa shape index (κ2) is 8.87. The molecule has 2 heterocycles. The zero-order valence-corrected chi connectivity index (χ0v) is 14.3. The van der Waals surface area contributed by atoms with Gasteiger partial charge in [-0.25, -0.2) is 0 Å². The van der Waals surface area contributed by atoms with Gasteiger partial charge in [0.1, 0.15) is 12.4 Å². The molecule has 23 heavy (non-hydrogen) atoms. The Balaban J connectivity index is 0.00000192. The number of pyridine rings is 1. The highest BCUT2D eigenvalue weighted by molar-refractivity contribution is 5.85. The topological polar surface area (TPSA) is 37.4 Å². The number of piperazine rings is 1. The first-order valence-electron chi connectivity index (χ1n) is 7.86. The maximum absolute atomic E-state index is 5.79. The Morgan fingerprint density at radius 3 is 2.74 bits per heavy atom. The van der Waals surface area contributed by atoms with E-state index in [9.17, 15) is 0 Å². The Bertz CT molecular complexity index is 577. The Morgan fingerprint density at radius 1 is 1.22 bits per heavy atom. The standard InChI is InChI=1S/C18H23N3O.ClH/c1-15-12-21(10-9-20-15)13-16-4-6-18(7-5-16)22-14-17-3-2-8-19-11-17;/h2-8,11,15,20H,9-10,12-14H2,1H3;1H/t15-;/m1./s1. The fraction of sp³-hybridized carbons (Fsp3) is 0.389. The highest BCUT2D eigenvalue weighted by atomic mass is 35.5. The molecule has 0 saturated carbocycles. The van der Waals surface area contributed by atoms with Gasteiger partial charge in [-0.3, -0.25) is 9.88 Å². The lowest BCUT2D eigenvalue weighted by atomic mass is 10.1. The molecule has 1 N–H and O–H groups in total. The van der Waals surface area contributed by atoms with Crippen LogP contribution in [-0.2, 0) is 13.2 Å². The Morgan fingerprint density at radius 2 is 2.04 bits per heavy atom. The number of halogens is 1. The van der Waals surface area contributed by atoms with Gasteiger partial charge in [-0.2, -0.15) is 0 Å². The van der Waals surface area contributed by atoms with Crippen LogP contribution in [0.4, 0.5) is 0 Å². The van der Waals surface area contributed by atoms with E-state index in [1.807, 2.05) is 18.3 Å². The van der Waals surface area contributed by atoms with Crippen molar-refractivity contribution in [2.24, 2.45) is 0 Å². The van der Waals surface area contributed by atoms with Crippen molar-refractivity contribution in [1.29, 1.82) is 0 Å². The van der Waals surface area contributed by atoms with E-state index >= 15 is 0 Å². The van der Waals surface area contributed by atoms with E-state index in [4.69, 9.17) is 4.74 Å². The van der Waals surface area contributed by atoms with Crippen LogP contribution in [0.25, 0.3) is 0 Å². The molecule has 0 radical (unpaired) electrons. The van der Waals surface area contributed by atoms with Crippen LogP contribution in [0.1, 0.15) is 18.1 Å². The van der Waals surface area contributed by atoms with Gasteiger partial charge in [-0.15, -0.1) is 12.4 Å². The second-order valence-corrected chi connectivity index (χ2v) is 5.88. The highest BCUT2D eigenvalue weighted by Gasteiger charge is 2.15. The lowest BCUT2D eigenvalue weighted by molar-refractivity contribution is 0.199. The molecule has 0 bridgehead atoms. The summed E-state index contributed by atoms with van der Waals surface area (Å²) in [7, 11) is 0. The largest absolute Gasteiger partial charge is 0.489 e. The van der Waals surface area contributed by atoms with Crippen LogP contribution in [0.2, 0.25) is 0 Å². The van der Waals surface area contributed by atoms with Crippen LogP contribution in [0.5, 0.6) is 5.75 Å². The summed E-state index contributed by atoms with van der Waals surface area (Å²) >= 11 is 0. The molecule has 1 atom stereocenters. The van der Waals surface area contributed by atoms with Gasteiger partial charge in [0.05, 0.1) is 0 Å². The van der Waals surface area contributed by atoms with Crippen molar-refractivity contribution < 1.29 is 4.74 Å². The number of rotatable bonds is 5. The molecule has 1 saturated heterocycles. The van der Waals surface area contributed by atoms with Crippen LogP contribution >= 0.6 is 12.4 Å². The zero-order valence-electron chi connectivity index (χ0n) is 13.4. The molecule has 0 unspecified atom stereocenters. The maximum Gasteiger partial charge on any atom is 0.119 e. The molecule has 1 fully saturated rings. The monoisotopic (exact) mass is 333 g/mol. The number of nitrogens with zero attached hydrogens (tertiary/aromatic N) is 2.